The summed E-state index contributed by atoms with van der Waals surface area (Å²) < 4.78 is 53.1. The van der Waals surface area contributed by atoms with Crippen LogP contribution in [-0.2, 0) is 15.7 Å². The standard InChI is InChI=1S/C12H12F3NO3/c1-17-11(18-2)7-19-10-4-3-8(6-16)5-9(10)12(13,14)15/h3-5,11H,7H2,1-2H3. The molecule has 0 aliphatic heterocycles. The number of benzene rings is 1. The minimum absolute atomic E-state index is 0.0882. The van der Waals surface area contributed by atoms with Gasteiger partial charge < -0.3 is 14.2 Å². The quantitative estimate of drug-likeness (QED) is 0.775. The van der Waals surface area contributed by atoms with Crippen molar-refractivity contribution >= 4 is 0 Å². The van der Waals surface area contributed by atoms with Crippen LogP contribution >= 0.6 is 0 Å². The maximum atomic E-state index is 12.8. The second kappa shape index (κ2) is 6.41. The third-order valence-electron chi connectivity index (χ3n) is 2.31. The van der Waals surface area contributed by atoms with Gasteiger partial charge in [0.25, 0.3) is 0 Å². The number of nitrogens with zero attached hydrogens (tertiary/aromatic N) is 1. The highest BCUT2D eigenvalue weighted by atomic mass is 19.4. The molecule has 0 unspecified atom stereocenters. The zero-order valence-corrected chi connectivity index (χ0v) is 10.3. The number of hydrogen-bond acceptors (Lipinski definition) is 4. The molecule has 0 atom stereocenters. The SMILES string of the molecule is COC(COc1ccc(C#N)cc1C(F)(F)F)OC. The molecule has 0 N–H and O–H groups in total. The van der Waals surface area contributed by atoms with Crippen LogP contribution in [0.5, 0.6) is 5.75 Å². The second-order valence-electron chi connectivity index (χ2n) is 3.53. The molecule has 1 aromatic carbocycles. The number of rotatable bonds is 5. The van der Waals surface area contributed by atoms with Crippen molar-refractivity contribution in [3.05, 3.63) is 29.3 Å². The van der Waals surface area contributed by atoms with Gasteiger partial charge in [0.05, 0.1) is 17.2 Å². The Balaban J connectivity index is 2.97. The van der Waals surface area contributed by atoms with E-state index in [9.17, 15) is 13.2 Å². The lowest BCUT2D eigenvalue weighted by Crippen LogP contribution is -2.23. The number of alkyl halides is 3. The van der Waals surface area contributed by atoms with Gasteiger partial charge in [0.15, 0.2) is 6.29 Å². The summed E-state index contributed by atoms with van der Waals surface area (Å²) in [6.07, 6.45) is -5.37. The monoisotopic (exact) mass is 275 g/mol. The molecule has 0 heterocycles. The van der Waals surface area contributed by atoms with Crippen molar-refractivity contribution < 1.29 is 27.4 Å². The van der Waals surface area contributed by atoms with Gasteiger partial charge in [0, 0.05) is 14.2 Å². The summed E-state index contributed by atoms with van der Waals surface area (Å²) in [6, 6.07) is 4.74. The van der Waals surface area contributed by atoms with Gasteiger partial charge in [-0.3, -0.25) is 0 Å². The average Bonchev–Trinajstić information content (AvgIpc) is 2.39. The van der Waals surface area contributed by atoms with E-state index in [1.807, 2.05) is 0 Å². The zero-order valence-electron chi connectivity index (χ0n) is 10.3. The van der Waals surface area contributed by atoms with E-state index >= 15 is 0 Å². The summed E-state index contributed by atoms with van der Waals surface area (Å²) in [5.41, 5.74) is -1.09. The van der Waals surface area contributed by atoms with Crippen molar-refractivity contribution in [3.63, 3.8) is 0 Å². The summed E-state index contributed by atoms with van der Waals surface area (Å²) in [6.45, 7) is -0.192. The van der Waals surface area contributed by atoms with Crippen LogP contribution in [0, 0.1) is 11.3 Å². The molecular formula is C12H12F3NO3. The first kappa shape index (κ1) is 15.3. The summed E-state index contributed by atoms with van der Waals surface area (Å²) >= 11 is 0. The number of ether oxygens (including phenoxy) is 3. The minimum Gasteiger partial charge on any atom is -0.488 e. The smallest absolute Gasteiger partial charge is 0.420 e. The van der Waals surface area contributed by atoms with Crippen molar-refractivity contribution in [1.82, 2.24) is 0 Å². The first-order valence-corrected chi connectivity index (χ1v) is 5.22. The first-order valence-electron chi connectivity index (χ1n) is 5.22. The topological polar surface area (TPSA) is 51.5 Å². The second-order valence-corrected chi connectivity index (χ2v) is 3.53. The summed E-state index contributed by atoms with van der Waals surface area (Å²) in [4.78, 5) is 0. The molecule has 0 bridgehead atoms. The van der Waals surface area contributed by atoms with E-state index in [-0.39, 0.29) is 17.9 Å². The molecule has 0 saturated heterocycles. The molecule has 19 heavy (non-hydrogen) atoms. The van der Waals surface area contributed by atoms with Crippen LogP contribution in [-0.4, -0.2) is 27.1 Å². The molecule has 0 amide bonds. The Morgan fingerprint density at radius 3 is 2.37 bits per heavy atom. The Morgan fingerprint density at radius 1 is 1.26 bits per heavy atom. The predicted octanol–water partition coefficient (Wildman–Crippen LogP) is 2.57. The lowest BCUT2D eigenvalue weighted by atomic mass is 10.1. The Labute approximate surface area is 108 Å². The molecule has 0 fully saturated rings. The van der Waals surface area contributed by atoms with Crippen molar-refractivity contribution in [1.29, 1.82) is 5.26 Å². The van der Waals surface area contributed by atoms with Gasteiger partial charge in [-0.05, 0) is 18.2 Å². The van der Waals surface area contributed by atoms with Crippen LogP contribution in [0.3, 0.4) is 0 Å². The van der Waals surface area contributed by atoms with Crippen LogP contribution in [0.25, 0.3) is 0 Å². The molecule has 1 rings (SSSR count). The van der Waals surface area contributed by atoms with Crippen molar-refractivity contribution in [2.24, 2.45) is 0 Å². The van der Waals surface area contributed by atoms with Gasteiger partial charge in [0.2, 0.25) is 0 Å². The van der Waals surface area contributed by atoms with Gasteiger partial charge in [-0.2, -0.15) is 18.4 Å². The molecule has 4 nitrogen and oxygen atoms in total. The molecule has 104 valence electrons. The number of nitriles is 1. The zero-order chi connectivity index (χ0) is 14.5. The first-order chi connectivity index (χ1) is 8.92. The predicted molar refractivity (Wildman–Crippen MR) is 59.5 cm³/mol. The molecule has 7 heteroatoms. The Bertz CT molecular complexity index is 464. The van der Waals surface area contributed by atoms with Crippen LogP contribution in [0.1, 0.15) is 11.1 Å². The average molecular weight is 275 g/mol. The van der Waals surface area contributed by atoms with Crippen molar-refractivity contribution in [2.75, 3.05) is 20.8 Å². The summed E-state index contributed by atoms with van der Waals surface area (Å²) in [5.74, 6) is -0.370. The van der Waals surface area contributed by atoms with Gasteiger partial charge in [-0.15, -0.1) is 0 Å². The Kier molecular flexibility index (Phi) is 5.15. The highest BCUT2D eigenvalue weighted by molar-refractivity contribution is 5.43. The van der Waals surface area contributed by atoms with E-state index in [4.69, 9.17) is 19.5 Å². The highest BCUT2D eigenvalue weighted by Crippen LogP contribution is 2.36. The number of methoxy groups -OCH3 is 2. The normalized spacial score (nSPS) is 11.4. The molecule has 0 aromatic heterocycles. The fourth-order valence-corrected chi connectivity index (χ4v) is 1.34. The molecule has 1 aromatic rings. The summed E-state index contributed by atoms with van der Waals surface area (Å²) in [7, 11) is 2.70. The molecule has 0 saturated carbocycles. The lowest BCUT2D eigenvalue weighted by molar-refractivity contribution is -0.142. The summed E-state index contributed by atoms with van der Waals surface area (Å²) in [5, 5.41) is 8.61. The number of hydrogen-bond donors (Lipinski definition) is 0. The van der Waals surface area contributed by atoms with Crippen LogP contribution in [0.15, 0.2) is 18.2 Å². The van der Waals surface area contributed by atoms with Gasteiger partial charge in [-0.25, -0.2) is 0 Å². The molecule has 0 radical (unpaired) electrons. The molecule has 0 aliphatic rings. The van der Waals surface area contributed by atoms with E-state index in [0.29, 0.717) is 0 Å². The number of halogens is 3. The van der Waals surface area contributed by atoms with Crippen molar-refractivity contribution in [3.8, 4) is 11.8 Å². The fourth-order valence-electron chi connectivity index (χ4n) is 1.34. The van der Waals surface area contributed by atoms with Crippen LogP contribution < -0.4 is 4.74 Å². The van der Waals surface area contributed by atoms with Gasteiger partial charge in [-0.1, -0.05) is 0 Å². The van der Waals surface area contributed by atoms with Crippen LogP contribution in [0.2, 0.25) is 0 Å². The molecule has 0 aliphatic carbocycles. The van der Waals surface area contributed by atoms with E-state index in [1.54, 1.807) is 6.07 Å². The fraction of sp³-hybridized carbons (Fsp3) is 0.417. The third kappa shape index (κ3) is 4.12. The van der Waals surface area contributed by atoms with E-state index in [2.05, 4.69) is 0 Å². The van der Waals surface area contributed by atoms with E-state index < -0.39 is 18.0 Å². The minimum atomic E-state index is -4.60. The van der Waals surface area contributed by atoms with Gasteiger partial charge >= 0.3 is 6.18 Å². The molecular weight excluding hydrogens is 263 g/mol. The Morgan fingerprint density at radius 2 is 1.89 bits per heavy atom. The van der Waals surface area contributed by atoms with Crippen LogP contribution in [0.4, 0.5) is 13.2 Å². The maximum Gasteiger partial charge on any atom is 0.420 e. The lowest BCUT2D eigenvalue weighted by Gasteiger charge is -2.17. The largest absolute Gasteiger partial charge is 0.488 e. The Hall–Kier alpha value is -1.78. The van der Waals surface area contributed by atoms with Crippen molar-refractivity contribution in [2.45, 2.75) is 12.5 Å². The van der Waals surface area contributed by atoms with E-state index in [1.165, 1.54) is 20.3 Å². The molecule has 0 spiro atoms. The van der Waals surface area contributed by atoms with Gasteiger partial charge in [0.1, 0.15) is 12.4 Å². The maximum absolute atomic E-state index is 12.8. The van der Waals surface area contributed by atoms with E-state index in [0.717, 1.165) is 12.1 Å². The highest BCUT2D eigenvalue weighted by Gasteiger charge is 2.35. The third-order valence-corrected chi connectivity index (χ3v) is 2.31.